The van der Waals surface area contributed by atoms with Crippen LogP contribution in [-0.2, 0) is 22.3 Å². The van der Waals surface area contributed by atoms with Gasteiger partial charge in [-0.15, -0.1) is 35.3 Å². The molecule has 3 aromatic rings. The Kier molecular flexibility index (Phi) is 9.69. The average molecular weight is 575 g/mol. The molecule has 1 heterocycles. The highest BCUT2D eigenvalue weighted by molar-refractivity contribution is 14.0. The fourth-order valence-corrected chi connectivity index (χ4v) is 4.74. The third-order valence-corrected chi connectivity index (χ3v) is 7.16. The number of nitrogens with one attached hydrogen (secondary N) is 3. The number of hydrogen-bond donors (Lipinski definition) is 4. The van der Waals surface area contributed by atoms with Crippen molar-refractivity contribution in [3.8, 4) is 0 Å². The largest absolute Gasteiger partial charge is 0.386 e. The van der Waals surface area contributed by atoms with Crippen LogP contribution in [0.2, 0.25) is 0 Å². The Labute approximate surface area is 204 Å². The van der Waals surface area contributed by atoms with Crippen LogP contribution in [0.3, 0.4) is 0 Å². The Morgan fingerprint density at radius 1 is 1.10 bits per heavy atom. The zero-order chi connectivity index (χ0) is 21.6. The predicted octanol–water partition coefficient (Wildman–Crippen LogP) is 2.97. The van der Waals surface area contributed by atoms with Crippen LogP contribution in [0.5, 0.6) is 0 Å². The molecule has 2 aromatic carbocycles. The van der Waals surface area contributed by atoms with Crippen molar-refractivity contribution in [3.63, 3.8) is 0 Å². The first-order valence-corrected chi connectivity index (χ1v) is 12.0. The summed E-state index contributed by atoms with van der Waals surface area (Å²) in [5.74, 6) is 0.535. The van der Waals surface area contributed by atoms with E-state index in [2.05, 4.69) is 20.3 Å². The number of benzene rings is 2. The lowest BCUT2D eigenvalue weighted by Gasteiger charge is -2.15. The zero-order valence-corrected chi connectivity index (χ0v) is 21.3. The molecule has 0 aliphatic rings. The number of halogens is 1. The molecule has 0 fully saturated rings. The van der Waals surface area contributed by atoms with Gasteiger partial charge in [-0.3, -0.25) is 4.99 Å². The molecule has 3 rings (SSSR count). The monoisotopic (exact) mass is 574 g/mol. The van der Waals surface area contributed by atoms with E-state index in [4.69, 9.17) is 0 Å². The van der Waals surface area contributed by atoms with E-state index in [9.17, 15) is 13.5 Å². The number of fused-ring (bicyclic) bond motifs is 1. The Hall–Kier alpha value is -1.73. The van der Waals surface area contributed by atoms with Crippen LogP contribution in [0, 0.1) is 0 Å². The maximum absolute atomic E-state index is 11.6. The van der Waals surface area contributed by atoms with E-state index in [1.807, 2.05) is 42.5 Å². The van der Waals surface area contributed by atoms with Gasteiger partial charge in [0.05, 0.1) is 5.75 Å². The standard InChI is InChI=1S/C21H26N4O3S2.HI/c1-22-21(24-12-15-7-9-16(10-8-15)14-30(27,28)23-2)25-13-18(26)20-11-17-5-3-4-6-19(17)29-20;/h3-11,18,23,26H,12-14H2,1-2H3,(H2,22,24,25);1H. The molecular formula is C21H27IN4O3S2. The molecule has 1 atom stereocenters. The van der Waals surface area contributed by atoms with E-state index in [-0.39, 0.29) is 29.7 Å². The van der Waals surface area contributed by atoms with Gasteiger partial charge in [0.2, 0.25) is 10.0 Å². The van der Waals surface area contributed by atoms with Crippen molar-refractivity contribution < 1.29 is 13.5 Å². The maximum atomic E-state index is 11.6. The van der Waals surface area contributed by atoms with E-state index < -0.39 is 16.1 Å². The van der Waals surface area contributed by atoms with Crippen molar-refractivity contribution >= 4 is 61.4 Å². The van der Waals surface area contributed by atoms with Gasteiger partial charge in [0.15, 0.2) is 5.96 Å². The van der Waals surface area contributed by atoms with Gasteiger partial charge in [-0.1, -0.05) is 42.5 Å². The molecule has 31 heavy (non-hydrogen) atoms. The number of aliphatic hydroxyl groups excluding tert-OH is 1. The summed E-state index contributed by atoms with van der Waals surface area (Å²) in [6.45, 7) is 0.866. The first-order valence-electron chi connectivity index (χ1n) is 9.50. The van der Waals surface area contributed by atoms with E-state index in [0.29, 0.717) is 19.0 Å². The van der Waals surface area contributed by atoms with Crippen LogP contribution in [0.1, 0.15) is 22.1 Å². The first-order chi connectivity index (χ1) is 14.4. The van der Waals surface area contributed by atoms with Crippen LogP contribution in [0.4, 0.5) is 0 Å². The van der Waals surface area contributed by atoms with E-state index in [1.165, 1.54) is 7.05 Å². The molecule has 0 aliphatic carbocycles. The highest BCUT2D eigenvalue weighted by atomic mass is 127. The van der Waals surface area contributed by atoms with Crippen LogP contribution in [0.15, 0.2) is 59.6 Å². The topological polar surface area (TPSA) is 103 Å². The summed E-state index contributed by atoms with van der Waals surface area (Å²) in [5.41, 5.74) is 1.72. The van der Waals surface area contributed by atoms with Gasteiger partial charge in [0.25, 0.3) is 0 Å². The third kappa shape index (κ3) is 7.42. The first kappa shape index (κ1) is 25.5. The minimum Gasteiger partial charge on any atom is -0.386 e. The summed E-state index contributed by atoms with van der Waals surface area (Å²) in [7, 11) is -0.200. The fourth-order valence-electron chi connectivity index (χ4n) is 2.91. The van der Waals surface area contributed by atoms with E-state index in [1.54, 1.807) is 30.5 Å². The van der Waals surface area contributed by atoms with Crippen LogP contribution in [0.25, 0.3) is 10.1 Å². The lowest BCUT2D eigenvalue weighted by atomic mass is 10.1. The van der Waals surface area contributed by atoms with Gasteiger partial charge in [-0.2, -0.15) is 0 Å². The molecule has 10 heteroatoms. The summed E-state index contributed by atoms with van der Waals surface area (Å²) in [6, 6.07) is 17.4. The molecule has 7 nitrogen and oxygen atoms in total. The molecule has 0 aliphatic heterocycles. The molecule has 0 radical (unpaired) electrons. The van der Waals surface area contributed by atoms with Gasteiger partial charge in [-0.05, 0) is 35.7 Å². The van der Waals surface area contributed by atoms with Gasteiger partial charge < -0.3 is 15.7 Å². The smallest absolute Gasteiger partial charge is 0.215 e. The number of aliphatic imine (C=N–C) groups is 1. The van der Waals surface area contributed by atoms with Crippen LogP contribution in [-0.4, -0.2) is 40.1 Å². The normalized spacial score (nSPS) is 12.9. The van der Waals surface area contributed by atoms with Crippen molar-refractivity contribution in [2.75, 3.05) is 20.6 Å². The van der Waals surface area contributed by atoms with Gasteiger partial charge >= 0.3 is 0 Å². The van der Waals surface area contributed by atoms with Crippen molar-refractivity contribution in [3.05, 3.63) is 70.6 Å². The highest BCUT2D eigenvalue weighted by Gasteiger charge is 2.12. The average Bonchev–Trinajstić information content (AvgIpc) is 3.19. The second kappa shape index (κ2) is 11.8. The van der Waals surface area contributed by atoms with E-state index in [0.717, 1.165) is 26.1 Å². The molecular weight excluding hydrogens is 547 g/mol. The zero-order valence-electron chi connectivity index (χ0n) is 17.3. The summed E-state index contributed by atoms with van der Waals surface area (Å²) in [5, 5.41) is 18.0. The molecule has 0 spiro atoms. The quantitative estimate of drug-likeness (QED) is 0.188. The number of aliphatic hydroxyl groups is 1. The summed E-state index contributed by atoms with van der Waals surface area (Å²) in [4.78, 5) is 5.10. The van der Waals surface area contributed by atoms with Crippen molar-refractivity contribution in [2.24, 2.45) is 4.99 Å². The Morgan fingerprint density at radius 3 is 2.42 bits per heavy atom. The van der Waals surface area contributed by atoms with E-state index >= 15 is 0 Å². The molecule has 1 aromatic heterocycles. The molecule has 0 bridgehead atoms. The second-order valence-electron chi connectivity index (χ2n) is 6.79. The maximum Gasteiger partial charge on any atom is 0.215 e. The minimum atomic E-state index is -3.28. The molecule has 0 amide bonds. The molecule has 0 saturated carbocycles. The number of thiophene rings is 1. The molecule has 168 valence electrons. The number of sulfonamides is 1. The fraction of sp³-hybridized carbons (Fsp3) is 0.286. The minimum absolute atomic E-state index is 0. The Morgan fingerprint density at radius 2 is 1.77 bits per heavy atom. The Bertz CT molecular complexity index is 1080. The van der Waals surface area contributed by atoms with Gasteiger partial charge in [-0.25, -0.2) is 13.1 Å². The lowest BCUT2D eigenvalue weighted by molar-refractivity contribution is 0.184. The van der Waals surface area contributed by atoms with Crippen LogP contribution >= 0.6 is 35.3 Å². The number of guanidine groups is 1. The molecule has 0 saturated heterocycles. The second-order valence-corrected chi connectivity index (χ2v) is 9.83. The van der Waals surface area contributed by atoms with Crippen molar-refractivity contribution in [2.45, 2.75) is 18.4 Å². The van der Waals surface area contributed by atoms with Crippen LogP contribution < -0.4 is 15.4 Å². The lowest BCUT2D eigenvalue weighted by Crippen LogP contribution is -2.38. The summed E-state index contributed by atoms with van der Waals surface area (Å²) >= 11 is 1.58. The van der Waals surface area contributed by atoms with Gasteiger partial charge in [0, 0.05) is 29.7 Å². The SMILES string of the molecule is CN=C(NCc1ccc(CS(=O)(=O)NC)cc1)NCC(O)c1cc2ccccc2s1.I. The summed E-state index contributed by atoms with van der Waals surface area (Å²) < 4.78 is 26.7. The Balaban J connectivity index is 0.00000341. The summed E-state index contributed by atoms with van der Waals surface area (Å²) in [6.07, 6.45) is -0.630. The third-order valence-electron chi connectivity index (χ3n) is 4.61. The number of rotatable bonds is 8. The van der Waals surface area contributed by atoms with Crippen molar-refractivity contribution in [1.29, 1.82) is 0 Å². The number of nitrogens with zero attached hydrogens (tertiary/aromatic N) is 1. The van der Waals surface area contributed by atoms with Gasteiger partial charge in [0.1, 0.15) is 6.10 Å². The van der Waals surface area contributed by atoms with Crippen molar-refractivity contribution in [1.82, 2.24) is 15.4 Å². The molecule has 4 N–H and O–H groups in total. The molecule has 1 unspecified atom stereocenters. The highest BCUT2D eigenvalue weighted by Crippen LogP contribution is 2.29. The number of hydrogen-bond acceptors (Lipinski definition) is 5. The predicted molar refractivity (Wildman–Crippen MR) is 139 cm³/mol.